The van der Waals surface area contributed by atoms with E-state index in [9.17, 15) is 9.59 Å². The van der Waals surface area contributed by atoms with Gasteiger partial charge >= 0.3 is 0 Å². The maximum Gasteiger partial charge on any atom is 0.292 e. The number of rotatable bonds is 7. The summed E-state index contributed by atoms with van der Waals surface area (Å²) < 4.78 is 17.2. The van der Waals surface area contributed by atoms with E-state index in [-0.39, 0.29) is 11.3 Å². The van der Waals surface area contributed by atoms with Crippen molar-refractivity contribution >= 4 is 22.9 Å². The fourth-order valence-electron chi connectivity index (χ4n) is 3.06. The minimum Gasteiger partial charge on any atom is -0.493 e. The first-order valence-electron chi connectivity index (χ1n) is 9.17. The molecule has 0 fully saturated rings. The second-order valence-corrected chi connectivity index (χ2v) is 6.14. The topological polar surface area (TPSA) is 104 Å². The normalized spacial score (nSPS) is 10.9. The van der Waals surface area contributed by atoms with Gasteiger partial charge in [-0.25, -0.2) is 10.1 Å². The number of nitrogens with zero attached hydrogens (tertiary/aromatic N) is 3. The van der Waals surface area contributed by atoms with Crippen molar-refractivity contribution in [1.29, 1.82) is 0 Å². The first kappa shape index (κ1) is 20.8. The fourth-order valence-corrected chi connectivity index (χ4v) is 3.06. The van der Waals surface area contributed by atoms with Crippen LogP contribution in [0.25, 0.3) is 10.8 Å². The molecular weight excluding hydrogens is 388 g/mol. The molecule has 0 aliphatic rings. The highest BCUT2D eigenvalue weighted by Gasteiger charge is 2.17. The van der Waals surface area contributed by atoms with Crippen molar-refractivity contribution in [2.75, 3.05) is 21.3 Å². The van der Waals surface area contributed by atoms with Gasteiger partial charge in [0.15, 0.2) is 17.2 Å². The first-order valence-corrected chi connectivity index (χ1v) is 9.17. The summed E-state index contributed by atoms with van der Waals surface area (Å²) in [4.78, 5) is 25.1. The zero-order valence-corrected chi connectivity index (χ0v) is 17.1. The molecule has 0 bridgehead atoms. The first-order chi connectivity index (χ1) is 14.5. The van der Waals surface area contributed by atoms with Crippen LogP contribution >= 0.6 is 0 Å². The molecule has 0 saturated heterocycles. The minimum absolute atomic E-state index is 0.114. The van der Waals surface area contributed by atoms with Gasteiger partial charge in [0.25, 0.3) is 11.5 Å². The van der Waals surface area contributed by atoms with Crippen LogP contribution in [0.1, 0.15) is 23.0 Å². The van der Waals surface area contributed by atoms with Crippen LogP contribution in [-0.2, 0) is 6.54 Å². The highest BCUT2D eigenvalue weighted by Crippen LogP contribution is 2.38. The van der Waals surface area contributed by atoms with Crippen molar-refractivity contribution in [1.82, 2.24) is 15.2 Å². The quantitative estimate of drug-likeness (QED) is 0.473. The largest absolute Gasteiger partial charge is 0.493 e. The molecule has 9 heteroatoms. The van der Waals surface area contributed by atoms with E-state index >= 15 is 0 Å². The summed E-state index contributed by atoms with van der Waals surface area (Å²) in [6.45, 7) is 2.13. The molecule has 0 aliphatic heterocycles. The van der Waals surface area contributed by atoms with Crippen LogP contribution in [0, 0.1) is 0 Å². The number of carbonyl (C=O) groups excluding carboxylic acids is 1. The summed E-state index contributed by atoms with van der Waals surface area (Å²) >= 11 is 0. The highest BCUT2D eigenvalue weighted by molar-refractivity contribution is 6.05. The number of hydrogen-bond donors (Lipinski definition) is 1. The van der Waals surface area contributed by atoms with Gasteiger partial charge in [-0.1, -0.05) is 18.2 Å². The molecule has 0 radical (unpaired) electrons. The Labute approximate surface area is 172 Å². The number of carbonyl (C=O) groups is 1. The molecule has 9 nitrogen and oxygen atoms in total. The van der Waals surface area contributed by atoms with Crippen LogP contribution in [0.5, 0.6) is 17.2 Å². The monoisotopic (exact) mass is 410 g/mol. The smallest absolute Gasteiger partial charge is 0.292 e. The average Bonchev–Trinajstić information content (AvgIpc) is 2.78. The van der Waals surface area contributed by atoms with Crippen LogP contribution in [0.3, 0.4) is 0 Å². The number of aromatic nitrogens is 2. The molecule has 0 unspecified atom stereocenters. The number of fused-ring (bicyclic) bond motifs is 1. The third-order valence-corrected chi connectivity index (χ3v) is 4.49. The average molecular weight is 410 g/mol. The molecule has 3 aromatic rings. The van der Waals surface area contributed by atoms with Gasteiger partial charge in [-0.2, -0.15) is 10.2 Å². The number of methoxy groups -OCH3 is 3. The molecule has 1 amide bonds. The molecule has 2 aromatic carbocycles. The lowest BCUT2D eigenvalue weighted by Gasteiger charge is -2.13. The van der Waals surface area contributed by atoms with Gasteiger partial charge in [0.1, 0.15) is 0 Å². The van der Waals surface area contributed by atoms with Crippen LogP contribution < -0.4 is 25.2 Å². The van der Waals surface area contributed by atoms with Crippen molar-refractivity contribution in [3.8, 4) is 17.2 Å². The molecule has 0 spiro atoms. The van der Waals surface area contributed by atoms with Gasteiger partial charge in [-0.15, -0.1) is 0 Å². The Morgan fingerprint density at radius 2 is 1.77 bits per heavy atom. The predicted molar refractivity (Wildman–Crippen MR) is 113 cm³/mol. The van der Waals surface area contributed by atoms with Gasteiger partial charge in [0.05, 0.1) is 32.9 Å². The standard InChI is InChI=1S/C21H22N4O5/c1-5-25-21(27)15-9-7-6-8-14(15)17(24-25)20(26)23-22-12-13-10-11-16(28-2)19(30-4)18(13)29-3/h6-12H,5H2,1-4H3,(H,23,26)/b22-12-. The Hall–Kier alpha value is -3.88. The highest BCUT2D eigenvalue weighted by atomic mass is 16.5. The molecule has 1 heterocycles. The molecule has 1 N–H and O–H groups in total. The Bertz CT molecular complexity index is 1170. The van der Waals surface area contributed by atoms with Crippen LogP contribution in [0.2, 0.25) is 0 Å². The number of nitrogens with one attached hydrogen (secondary N) is 1. The SMILES string of the molecule is CCn1nc(C(=O)N/N=C\c2ccc(OC)c(OC)c2OC)c2ccccc2c1=O. The van der Waals surface area contributed by atoms with E-state index in [0.29, 0.717) is 40.1 Å². The molecule has 3 rings (SSSR count). The lowest BCUT2D eigenvalue weighted by Crippen LogP contribution is -2.28. The van der Waals surface area contributed by atoms with Crippen molar-refractivity contribution in [3.63, 3.8) is 0 Å². The molecule has 0 saturated carbocycles. The summed E-state index contributed by atoms with van der Waals surface area (Å²) in [5.74, 6) is 0.799. The lowest BCUT2D eigenvalue weighted by molar-refractivity contribution is 0.0949. The van der Waals surface area contributed by atoms with E-state index in [2.05, 4.69) is 15.6 Å². The van der Waals surface area contributed by atoms with Crippen molar-refractivity contribution in [2.24, 2.45) is 5.10 Å². The minimum atomic E-state index is -0.538. The third-order valence-electron chi connectivity index (χ3n) is 4.49. The Balaban J connectivity index is 1.93. The molecular formula is C21H22N4O5. The Morgan fingerprint density at radius 1 is 1.07 bits per heavy atom. The van der Waals surface area contributed by atoms with Crippen LogP contribution in [0.15, 0.2) is 46.3 Å². The Morgan fingerprint density at radius 3 is 2.40 bits per heavy atom. The van der Waals surface area contributed by atoms with Gasteiger partial charge in [0.2, 0.25) is 5.75 Å². The summed E-state index contributed by atoms with van der Waals surface area (Å²) in [6.07, 6.45) is 1.43. The van der Waals surface area contributed by atoms with E-state index in [1.165, 1.54) is 32.2 Å². The van der Waals surface area contributed by atoms with Gasteiger partial charge < -0.3 is 14.2 Å². The zero-order valence-electron chi connectivity index (χ0n) is 17.1. The van der Waals surface area contributed by atoms with E-state index in [4.69, 9.17) is 14.2 Å². The van der Waals surface area contributed by atoms with Gasteiger partial charge in [-0.3, -0.25) is 9.59 Å². The molecule has 156 valence electrons. The number of amides is 1. The molecule has 0 atom stereocenters. The number of hydrazone groups is 1. The summed E-state index contributed by atoms with van der Waals surface area (Å²) in [5, 5.41) is 9.08. The summed E-state index contributed by atoms with van der Waals surface area (Å²) in [5.41, 5.74) is 2.90. The fraction of sp³-hybridized carbons (Fsp3) is 0.238. The van der Waals surface area contributed by atoms with Crippen LogP contribution in [-0.4, -0.2) is 43.2 Å². The third kappa shape index (κ3) is 3.82. The number of ether oxygens (including phenoxy) is 3. The lowest BCUT2D eigenvalue weighted by atomic mass is 10.1. The second-order valence-electron chi connectivity index (χ2n) is 6.14. The number of benzene rings is 2. The maximum atomic E-state index is 12.7. The summed E-state index contributed by atoms with van der Waals surface area (Å²) in [6, 6.07) is 10.3. The van der Waals surface area contributed by atoms with Gasteiger partial charge in [0, 0.05) is 17.5 Å². The van der Waals surface area contributed by atoms with E-state index in [1.807, 2.05) is 0 Å². The number of aryl methyl sites for hydroxylation is 1. The van der Waals surface area contributed by atoms with E-state index < -0.39 is 5.91 Å². The second kappa shape index (κ2) is 9.08. The van der Waals surface area contributed by atoms with Crippen molar-refractivity contribution in [2.45, 2.75) is 13.5 Å². The number of hydrogen-bond acceptors (Lipinski definition) is 7. The summed E-state index contributed by atoms with van der Waals surface area (Å²) in [7, 11) is 4.53. The van der Waals surface area contributed by atoms with E-state index in [0.717, 1.165) is 0 Å². The van der Waals surface area contributed by atoms with Crippen LogP contribution in [0.4, 0.5) is 0 Å². The Kier molecular flexibility index (Phi) is 6.31. The molecule has 0 aliphatic carbocycles. The molecule has 1 aromatic heterocycles. The van der Waals surface area contributed by atoms with E-state index in [1.54, 1.807) is 43.3 Å². The zero-order chi connectivity index (χ0) is 21.7. The van der Waals surface area contributed by atoms with Crippen molar-refractivity contribution < 1.29 is 19.0 Å². The predicted octanol–water partition coefficient (Wildman–Crippen LogP) is 2.21. The molecule has 30 heavy (non-hydrogen) atoms. The van der Waals surface area contributed by atoms with Crippen molar-refractivity contribution in [3.05, 3.63) is 58.0 Å². The maximum absolute atomic E-state index is 12.7. The van der Waals surface area contributed by atoms with Gasteiger partial charge in [-0.05, 0) is 25.1 Å².